The Morgan fingerprint density at radius 2 is 2.08 bits per heavy atom. The van der Waals surface area contributed by atoms with Gasteiger partial charge in [-0.15, -0.1) is 0 Å². The minimum absolute atomic E-state index is 0.0944. The van der Waals surface area contributed by atoms with Crippen LogP contribution in [0.3, 0.4) is 0 Å². The summed E-state index contributed by atoms with van der Waals surface area (Å²) in [6, 6.07) is 1.90. The molecule has 0 aromatic carbocycles. The predicted octanol–water partition coefficient (Wildman–Crippen LogP) is 2.15. The maximum Gasteiger partial charge on any atom is 0.149 e. The molecule has 0 aliphatic carbocycles. The van der Waals surface area contributed by atoms with Crippen molar-refractivity contribution in [3.8, 4) is 6.07 Å². The molecule has 3 nitrogen and oxygen atoms in total. The Hall–Kier alpha value is -0.980. The lowest BCUT2D eigenvalue weighted by molar-refractivity contribution is 1.26. The number of aromatic nitrogens is 1. The van der Waals surface area contributed by atoms with E-state index in [-0.39, 0.29) is 21.6 Å². The molecule has 2 N–H and O–H groups in total. The summed E-state index contributed by atoms with van der Waals surface area (Å²) in [7, 11) is 0. The molecule has 0 radical (unpaired) electrons. The summed E-state index contributed by atoms with van der Waals surface area (Å²) in [5.74, 6) is 0.151. The van der Waals surface area contributed by atoms with Crippen molar-refractivity contribution in [2.24, 2.45) is 0 Å². The van der Waals surface area contributed by atoms with Crippen LogP contribution >= 0.6 is 23.2 Å². The number of rotatable bonds is 0. The summed E-state index contributed by atoms with van der Waals surface area (Å²) < 4.78 is 0. The number of halogens is 2. The molecule has 0 atom stereocenters. The van der Waals surface area contributed by atoms with E-state index in [0.717, 1.165) is 0 Å². The molecule has 0 saturated carbocycles. The molecule has 0 spiro atoms. The van der Waals surface area contributed by atoms with Crippen molar-refractivity contribution >= 4 is 29.0 Å². The number of nitrogen functional groups attached to an aromatic ring is 1. The molecule has 1 aromatic heterocycles. The fourth-order valence-corrected chi connectivity index (χ4v) is 1.21. The molecule has 0 saturated heterocycles. The standard InChI is InChI=1S/C7H5Cl2N3/c1-3-4(2-10)6(9)12-7(11)5(3)8/h1H3,(H2,11,12). The van der Waals surface area contributed by atoms with E-state index in [1.807, 2.05) is 6.07 Å². The van der Waals surface area contributed by atoms with Crippen molar-refractivity contribution < 1.29 is 0 Å². The lowest BCUT2D eigenvalue weighted by Gasteiger charge is -2.04. The smallest absolute Gasteiger partial charge is 0.149 e. The van der Waals surface area contributed by atoms with Crippen LogP contribution in [-0.2, 0) is 0 Å². The van der Waals surface area contributed by atoms with Crippen LogP contribution in [0.1, 0.15) is 11.1 Å². The van der Waals surface area contributed by atoms with Gasteiger partial charge < -0.3 is 5.73 Å². The van der Waals surface area contributed by atoms with Gasteiger partial charge in [-0.25, -0.2) is 4.98 Å². The Labute approximate surface area is 79.7 Å². The van der Waals surface area contributed by atoms with E-state index in [9.17, 15) is 0 Å². The normalized spacial score (nSPS) is 9.50. The number of hydrogen-bond acceptors (Lipinski definition) is 3. The fraction of sp³-hybridized carbons (Fsp3) is 0.143. The first kappa shape index (κ1) is 9.11. The second-order valence-corrected chi connectivity index (χ2v) is 2.95. The van der Waals surface area contributed by atoms with E-state index in [4.69, 9.17) is 34.2 Å². The van der Waals surface area contributed by atoms with Crippen molar-refractivity contribution in [1.82, 2.24) is 4.98 Å². The van der Waals surface area contributed by atoms with Crippen LogP contribution in [0, 0.1) is 18.3 Å². The van der Waals surface area contributed by atoms with Gasteiger partial charge in [0.05, 0.1) is 10.6 Å². The van der Waals surface area contributed by atoms with Crippen LogP contribution in [0.4, 0.5) is 5.82 Å². The van der Waals surface area contributed by atoms with Crippen molar-refractivity contribution in [3.05, 3.63) is 21.3 Å². The molecular weight excluding hydrogens is 197 g/mol. The lowest BCUT2D eigenvalue weighted by Crippen LogP contribution is -1.97. The summed E-state index contributed by atoms with van der Waals surface area (Å²) >= 11 is 11.4. The van der Waals surface area contributed by atoms with Gasteiger partial charge in [-0.1, -0.05) is 23.2 Å². The van der Waals surface area contributed by atoms with Gasteiger partial charge in [0.1, 0.15) is 17.0 Å². The average molecular weight is 202 g/mol. The number of nitrogens with two attached hydrogens (primary N) is 1. The molecule has 0 unspecified atom stereocenters. The lowest BCUT2D eigenvalue weighted by atomic mass is 10.2. The van der Waals surface area contributed by atoms with Crippen molar-refractivity contribution in [1.29, 1.82) is 5.26 Å². The van der Waals surface area contributed by atoms with Gasteiger partial charge in [0.2, 0.25) is 0 Å². The van der Waals surface area contributed by atoms with Crippen molar-refractivity contribution in [2.75, 3.05) is 5.73 Å². The third-order valence-corrected chi connectivity index (χ3v) is 2.22. The summed E-state index contributed by atoms with van der Waals surface area (Å²) in [5.41, 5.74) is 6.25. The molecule has 0 amide bonds. The van der Waals surface area contributed by atoms with Crippen LogP contribution in [0.2, 0.25) is 10.2 Å². The van der Waals surface area contributed by atoms with Crippen LogP contribution < -0.4 is 5.73 Å². The SMILES string of the molecule is Cc1c(Cl)c(N)nc(Cl)c1C#N. The van der Waals surface area contributed by atoms with Gasteiger partial charge in [-0.2, -0.15) is 5.26 Å². The van der Waals surface area contributed by atoms with Crippen molar-refractivity contribution in [3.63, 3.8) is 0 Å². The number of hydrogen-bond donors (Lipinski definition) is 1. The van der Waals surface area contributed by atoms with Gasteiger partial charge in [-0.3, -0.25) is 0 Å². The summed E-state index contributed by atoms with van der Waals surface area (Å²) in [6.07, 6.45) is 0. The highest BCUT2D eigenvalue weighted by molar-refractivity contribution is 6.35. The van der Waals surface area contributed by atoms with Crippen LogP contribution in [0.15, 0.2) is 0 Å². The number of nitriles is 1. The Morgan fingerprint density at radius 3 is 2.58 bits per heavy atom. The topological polar surface area (TPSA) is 62.7 Å². The van der Waals surface area contributed by atoms with Gasteiger partial charge in [0, 0.05) is 0 Å². The summed E-state index contributed by atoms with van der Waals surface area (Å²) in [5, 5.41) is 9.02. The third kappa shape index (κ3) is 1.31. The first-order chi connectivity index (χ1) is 5.57. The average Bonchev–Trinajstić information content (AvgIpc) is 2.01. The summed E-state index contributed by atoms with van der Waals surface area (Å²) in [4.78, 5) is 3.69. The van der Waals surface area contributed by atoms with E-state index in [0.29, 0.717) is 5.56 Å². The maximum absolute atomic E-state index is 8.64. The van der Waals surface area contributed by atoms with E-state index in [1.54, 1.807) is 6.92 Å². The second kappa shape index (κ2) is 3.18. The van der Waals surface area contributed by atoms with Crippen LogP contribution in [0.5, 0.6) is 0 Å². The first-order valence-electron chi connectivity index (χ1n) is 3.09. The number of pyridine rings is 1. The molecular formula is C7H5Cl2N3. The number of anilines is 1. The number of nitrogens with zero attached hydrogens (tertiary/aromatic N) is 2. The van der Waals surface area contributed by atoms with E-state index < -0.39 is 0 Å². The maximum atomic E-state index is 8.64. The van der Waals surface area contributed by atoms with Crippen molar-refractivity contribution in [2.45, 2.75) is 6.92 Å². The fourth-order valence-electron chi connectivity index (χ4n) is 0.797. The van der Waals surface area contributed by atoms with E-state index in [1.165, 1.54) is 0 Å². The zero-order valence-corrected chi connectivity index (χ0v) is 7.74. The van der Waals surface area contributed by atoms with E-state index in [2.05, 4.69) is 4.98 Å². The Balaban J connectivity index is 3.54. The molecule has 0 aliphatic heterocycles. The zero-order chi connectivity index (χ0) is 9.30. The molecule has 0 aliphatic rings. The predicted molar refractivity (Wildman–Crippen MR) is 48.1 cm³/mol. The zero-order valence-electron chi connectivity index (χ0n) is 6.23. The van der Waals surface area contributed by atoms with Gasteiger partial charge in [-0.05, 0) is 12.5 Å². The molecule has 0 fully saturated rings. The quantitative estimate of drug-likeness (QED) is 0.655. The second-order valence-electron chi connectivity index (χ2n) is 2.21. The molecule has 1 rings (SSSR count). The largest absolute Gasteiger partial charge is 0.382 e. The third-order valence-electron chi connectivity index (χ3n) is 1.47. The Kier molecular flexibility index (Phi) is 2.41. The summed E-state index contributed by atoms with van der Waals surface area (Å²) in [6.45, 7) is 1.67. The minimum Gasteiger partial charge on any atom is -0.382 e. The highest BCUT2D eigenvalue weighted by atomic mass is 35.5. The van der Waals surface area contributed by atoms with Gasteiger partial charge in [0.25, 0.3) is 0 Å². The highest BCUT2D eigenvalue weighted by Gasteiger charge is 2.11. The van der Waals surface area contributed by atoms with Gasteiger partial charge >= 0.3 is 0 Å². The molecule has 0 bridgehead atoms. The highest BCUT2D eigenvalue weighted by Crippen LogP contribution is 2.27. The van der Waals surface area contributed by atoms with E-state index >= 15 is 0 Å². The minimum atomic E-state index is 0.0944. The monoisotopic (exact) mass is 201 g/mol. The molecule has 12 heavy (non-hydrogen) atoms. The van der Waals surface area contributed by atoms with Crippen LogP contribution in [0.25, 0.3) is 0 Å². The Morgan fingerprint density at radius 1 is 1.50 bits per heavy atom. The van der Waals surface area contributed by atoms with Gasteiger partial charge in [0.15, 0.2) is 0 Å². The molecule has 5 heteroatoms. The molecule has 1 heterocycles. The Bertz CT molecular complexity index is 368. The van der Waals surface area contributed by atoms with Crippen LogP contribution in [-0.4, -0.2) is 4.98 Å². The first-order valence-corrected chi connectivity index (χ1v) is 3.84. The molecule has 1 aromatic rings. The molecule has 62 valence electrons.